The molecule has 0 radical (unpaired) electrons. The molecule has 1 aliphatic heterocycles. The van der Waals surface area contributed by atoms with Crippen molar-refractivity contribution in [3.63, 3.8) is 0 Å². The van der Waals surface area contributed by atoms with Crippen molar-refractivity contribution < 1.29 is 14.3 Å². The van der Waals surface area contributed by atoms with Crippen LogP contribution in [0, 0.1) is 0 Å². The molecule has 5 heteroatoms. The van der Waals surface area contributed by atoms with Crippen molar-refractivity contribution in [3.8, 4) is 5.75 Å². The fourth-order valence-corrected chi connectivity index (χ4v) is 2.97. The molecule has 0 saturated carbocycles. The number of carbonyl (C=O) groups is 2. The number of carbonyl (C=O) groups excluding carboxylic acids is 2. The molecule has 0 aliphatic carbocycles. The Labute approximate surface area is 165 Å². The van der Waals surface area contributed by atoms with E-state index in [4.69, 9.17) is 4.74 Å². The van der Waals surface area contributed by atoms with Gasteiger partial charge in [0.05, 0.1) is 0 Å². The molecular weight excluding hydrogens is 352 g/mol. The number of nitrogens with zero attached hydrogens (tertiary/aromatic N) is 1. The van der Waals surface area contributed by atoms with Crippen LogP contribution in [0.4, 0.5) is 5.69 Å². The van der Waals surface area contributed by atoms with Crippen molar-refractivity contribution in [3.05, 3.63) is 78.4 Å². The highest BCUT2D eigenvalue weighted by Gasteiger charge is 2.21. The van der Waals surface area contributed by atoms with Gasteiger partial charge >= 0.3 is 0 Å². The van der Waals surface area contributed by atoms with Crippen LogP contribution in [-0.4, -0.2) is 25.0 Å². The normalized spacial score (nSPS) is 13.7. The Bertz CT molecular complexity index is 854. The van der Waals surface area contributed by atoms with E-state index in [2.05, 4.69) is 11.9 Å². The van der Waals surface area contributed by atoms with E-state index >= 15 is 0 Å². The molecule has 0 atom stereocenters. The molecular formula is C23H24N2O3. The zero-order valence-corrected chi connectivity index (χ0v) is 15.8. The van der Waals surface area contributed by atoms with Crippen LogP contribution in [0.5, 0.6) is 5.75 Å². The second-order valence-electron chi connectivity index (χ2n) is 6.54. The minimum absolute atomic E-state index is 0.161. The average Bonchev–Trinajstić information content (AvgIpc) is 3.16. The molecule has 144 valence electrons. The number of ether oxygens (including phenoxy) is 1. The highest BCUT2D eigenvalue weighted by Crippen LogP contribution is 2.21. The van der Waals surface area contributed by atoms with E-state index in [-0.39, 0.29) is 11.8 Å². The summed E-state index contributed by atoms with van der Waals surface area (Å²) in [5.41, 5.74) is 2.82. The highest BCUT2D eigenvalue weighted by atomic mass is 16.5. The lowest BCUT2D eigenvalue weighted by molar-refractivity contribution is -0.117. The predicted octanol–water partition coefficient (Wildman–Crippen LogP) is 3.71. The molecule has 1 heterocycles. The monoisotopic (exact) mass is 376 g/mol. The summed E-state index contributed by atoms with van der Waals surface area (Å²) in [6.45, 7) is 5.29. The van der Waals surface area contributed by atoms with Crippen LogP contribution in [0.1, 0.15) is 24.0 Å². The fraction of sp³-hybridized carbons (Fsp3) is 0.217. The van der Waals surface area contributed by atoms with Gasteiger partial charge in [-0.1, -0.05) is 36.9 Å². The maximum atomic E-state index is 12.0. The van der Waals surface area contributed by atoms with Crippen LogP contribution in [0.3, 0.4) is 0 Å². The quantitative estimate of drug-likeness (QED) is 0.564. The SMILES string of the molecule is C=CCOc1ccc(/C=C/C(=O)NCc2ccc(N3CCCC3=O)cc2)cc1. The maximum Gasteiger partial charge on any atom is 0.244 e. The highest BCUT2D eigenvalue weighted by molar-refractivity contribution is 5.95. The van der Waals surface area contributed by atoms with Crippen molar-refractivity contribution in [1.82, 2.24) is 5.32 Å². The van der Waals surface area contributed by atoms with Gasteiger partial charge in [0, 0.05) is 31.3 Å². The lowest BCUT2D eigenvalue weighted by Gasteiger charge is -2.15. The van der Waals surface area contributed by atoms with E-state index in [0.29, 0.717) is 19.6 Å². The molecule has 0 unspecified atom stereocenters. The van der Waals surface area contributed by atoms with E-state index in [0.717, 1.165) is 35.5 Å². The molecule has 2 aromatic carbocycles. The summed E-state index contributed by atoms with van der Waals surface area (Å²) in [4.78, 5) is 25.6. The summed E-state index contributed by atoms with van der Waals surface area (Å²) in [5, 5.41) is 2.86. The van der Waals surface area contributed by atoms with Crippen LogP contribution in [0.15, 0.2) is 67.3 Å². The zero-order valence-electron chi connectivity index (χ0n) is 15.8. The van der Waals surface area contributed by atoms with E-state index in [1.807, 2.05) is 48.5 Å². The summed E-state index contributed by atoms with van der Waals surface area (Å²) in [7, 11) is 0. The lowest BCUT2D eigenvalue weighted by Crippen LogP contribution is -2.23. The van der Waals surface area contributed by atoms with Gasteiger partial charge in [0.25, 0.3) is 0 Å². The molecule has 2 aromatic rings. The van der Waals surface area contributed by atoms with Crippen LogP contribution in [0.25, 0.3) is 6.08 Å². The van der Waals surface area contributed by atoms with Crippen molar-refractivity contribution in [2.75, 3.05) is 18.1 Å². The molecule has 1 saturated heterocycles. The Morgan fingerprint density at radius 3 is 2.54 bits per heavy atom. The summed E-state index contributed by atoms with van der Waals surface area (Å²) >= 11 is 0. The van der Waals surface area contributed by atoms with Crippen LogP contribution in [0.2, 0.25) is 0 Å². The van der Waals surface area contributed by atoms with Crippen LogP contribution < -0.4 is 15.0 Å². The first-order chi connectivity index (χ1) is 13.7. The standard InChI is InChI=1S/C23H24N2O3/c1-2-16-28-21-12-7-18(8-13-21)9-14-22(26)24-17-19-5-10-20(11-6-19)25-15-3-4-23(25)27/h2,5-14H,1,3-4,15-17H2,(H,24,26)/b14-9+. The minimum atomic E-state index is -0.161. The number of rotatable bonds is 8. The average molecular weight is 376 g/mol. The lowest BCUT2D eigenvalue weighted by atomic mass is 10.2. The van der Waals surface area contributed by atoms with Gasteiger partial charge in [0.15, 0.2) is 0 Å². The second-order valence-corrected chi connectivity index (χ2v) is 6.54. The van der Waals surface area contributed by atoms with E-state index < -0.39 is 0 Å². The minimum Gasteiger partial charge on any atom is -0.490 e. The number of hydrogen-bond acceptors (Lipinski definition) is 3. The largest absolute Gasteiger partial charge is 0.490 e. The van der Waals surface area contributed by atoms with Gasteiger partial charge < -0.3 is 15.0 Å². The molecule has 0 spiro atoms. The van der Waals surface area contributed by atoms with Gasteiger partial charge in [-0.25, -0.2) is 0 Å². The summed E-state index contributed by atoms with van der Waals surface area (Å²) < 4.78 is 5.43. The first kappa shape index (κ1) is 19.4. The Kier molecular flexibility index (Phi) is 6.63. The Balaban J connectivity index is 1.47. The summed E-state index contributed by atoms with van der Waals surface area (Å²) in [6.07, 6.45) is 6.49. The molecule has 1 aliphatic rings. The fourth-order valence-electron chi connectivity index (χ4n) is 2.97. The molecule has 0 bridgehead atoms. The first-order valence-electron chi connectivity index (χ1n) is 9.35. The molecule has 28 heavy (non-hydrogen) atoms. The molecule has 1 fully saturated rings. The predicted molar refractivity (Wildman–Crippen MR) is 111 cm³/mol. The number of nitrogens with one attached hydrogen (secondary N) is 1. The van der Waals surface area contributed by atoms with Gasteiger partial charge in [-0.15, -0.1) is 0 Å². The van der Waals surface area contributed by atoms with Gasteiger partial charge in [-0.2, -0.15) is 0 Å². The van der Waals surface area contributed by atoms with Crippen molar-refractivity contribution in [2.24, 2.45) is 0 Å². The van der Waals surface area contributed by atoms with Crippen molar-refractivity contribution in [1.29, 1.82) is 0 Å². The third-order valence-corrected chi connectivity index (χ3v) is 4.46. The zero-order chi connectivity index (χ0) is 19.8. The molecule has 0 aromatic heterocycles. The van der Waals surface area contributed by atoms with Crippen LogP contribution >= 0.6 is 0 Å². The van der Waals surface area contributed by atoms with E-state index in [1.54, 1.807) is 17.1 Å². The third-order valence-electron chi connectivity index (χ3n) is 4.46. The van der Waals surface area contributed by atoms with Gasteiger partial charge in [0.2, 0.25) is 11.8 Å². The molecule has 3 rings (SSSR count). The third kappa shape index (κ3) is 5.33. The number of amides is 2. The first-order valence-corrected chi connectivity index (χ1v) is 9.35. The molecule has 2 amide bonds. The van der Waals surface area contributed by atoms with Crippen LogP contribution in [-0.2, 0) is 16.1 Å². The smallest absolute Gasteiger partial charge is 0.244 e. The molecule has 1 N–H and O–H groups in total. The number of hydrogen-bond donors (Lipinski definition) is 1. The van der Waals surface area contributed by atoms with Gasteiger partial charge in [-0.05, 0) is 47.9 Å². The number of benzene rings is 2. The van der Waals surface area contributed by atoms with Crippen molar-refractivity contribution >= 4 is 23.6 Å². The van der Waals surface area contributed by atoms with Gasteiger partial charge in [-0.3, -0.25) is 9.59 Å². The Morgan fingerprint density at radius 2 is 1.89 bits per heavy atom. The van der Waals surface area contributed by atoms with E-state index in [1.165, 1.54) is 6.08 Å². The van der Waals surface area contributed by atoms with Crippen molar-refractivity contribution in [2.45, 2.75) is 19.4 Å². The number of anilines is 1. The van der Waals surface area contributed by atoms with E-state index in [9.17, 15) is 9.59 Å². The summed E-state index contributed by atoms with van der Waals surface area (Å²) in [5.74, 6) is 0.776. The maximum absolute atomic E-state index is 12.0. The Morgan fingerprint density at radius 1 is 1.14 bits per heavy atom. The van der Waals surface area contributed by atoms with Gasteiger partial charge in [0.1, 0.15) is 12.4 Å². The summed E-state index contributed by atoms with van der Waals surface area (Å²) in [6, 6.07) is 15.2. The molecule has 5 nitrogen and oxygen atoms in total. The topological polar surface area (TPSA) is 58.6 Å². The second kappa shape index (κ2) is 9.55. The Hall–Kier alpha value is -3.34.